The van der Waals surface area contributed by atoms with Gasteiger partial charge in [0.25, 0.3) is 5.91 Å². The molecule has 0 aliphatic rings. The number of hydrogen-bond donors (Lipinski definition) is 2. The molecule has 0 atom stereocenters. The van der Waals surface area contributed by atoms with E-state index in [0.29, 0.717) is 22.8 Å². The van der Waals surface area contributed by atoms with Gasteiger partial charge in [0.2, 0.25) is 5.91 Å². The Bertz CT molecular complexity index is 502. The minimum atomic E-state index is -0.237. The molecule has 116 valence electrons. The lowest BCUT2D eigenvalue weighted by molar-refractivity contribution is -0.114. The molecule has 0 spiro atoms. The summed E-state index contributed by atoms with van der Waals surface area (Å²) in [6, 6.07) is 4.85. The smallest absolute Gasteiger partial charge is 0.252 e. The highest BCUT2D eigenvalue weighted by atomic mass is 35.5. The van der Waals surface area contributed by atoms with E-state index in [1.165, 1.54) is 6.92 Å². The van der Waals surface area contributed by atoms with Gasteiger partial charge in [-0.2, -0.15) is 0 Å². The molecule has 0 fully saturated rings. The predicted octanol–water partition coefficient (Wildman–Crippen LogP) is 2.37. The summed E-state index contributed by atoms with van der Waals surface area (Å²) in [5.74, 6) is -0.426. The molecule has 0 aliphatic heterocycles. The van der Waals surface area contributed by atoms with Crippen molar-refractivity contribution in [2.75, 3.05) is 31.5 Å². The molecule has 0 radical (unpaired) electrons. The molecule has 0 saturated carbocycles. The molecule has 0 bridgehead atoms. The molecule has 1 rings (SSSR count). The first-order chi connectivity index (χ1) is 9.97. The van der Waals surface area contributed by atoms with Crippen molar-refractivity contribution in [3.63, 3.8) is 0 Å². The van der Waals surface area contributed by atoms with Crippen molar-refractivity contribution in [2.45, 2.75) is 20.8 Å². The Balaban J connectivity index is 2.66. The van der Waals surface area contributed by atoms with Crippen LogP contribution >= 0.6 is 11.6 Å². The maximum atomic E-state index is 12.1. The Morgan fingerprint density at radius 2 is 1.90 bits per heavy atom. The van der Waals surface area contributed by atoms with Crippen LogP contribution in [0, 0.1) is 0 Å². The lowest BCUT2D eigenvalue weighted by Gasteiger charge is -2.18. The number of hydrogen-bond acceptors (Lipinski definition) is 3. The van der Waals surface area contributed by atoms with E-state index in [2.05, 4.69) is 29.4 Å². The molecule has 5 nitrogen and oxygen atoms in total. The fourth-order valence-corrected chi connectivity index (χ4v) is 2.15. The van der Waals surface area contributed by atoms with Crippen molar-refractivity contribution >= 4 is 29.1 Å². The molecular weight excluding hydrogens is 290 g/mol. The Labute approximate surface area is 130 Å². The highest BCUT2D eigenvalue weighted by Crippen LogP contribution is 2.20. The second-order valence-corrected chi connectivity index (χ2v) is 5.07. The topological polar surface area (TPSA) is 61.4 Å². The van der Waals surface area contributed by atoms with Gasteiger partial charge in [0, 0.05) is 25.7 Å². The summed E-state index contributed by atoms with van der Waals surface area (Å²) in [4.78, 5) is 25.4. The lowest BCUT2D eigenvalue weighted by atomic mass is 10.2. The number of carbonyl (C=O) groups is 2. The molecule has 21 heavy (non-hydrogen) atoms. The van der Waals surface area contributed by atoms with Crippen molar-refractivity contribution in [1.29, 1.82) is 0 Å². The van der Waals surface area contributed by atoms with Gasteiger partial charge in [-0.1, -0.05) is 25.4 Å². The molecule has 0 saturated heterocycles. The van der Waals surface area contributed by atoms with Gasteiger partial charge in [0.1, 0.15) is 0 Å². The van der Waals surface area contributed by atoms with Crippen molar-refractivity contribution < 1.29 is 9.59 Å². The monoisotopic (exact) mass is 311 g/mol. The van der Waals surface area contributed by atoms with Gasteiger partial charge in [-0.3, -0.25) is 9.59 Å². The molecule has 2 N–H and O–H groups in total. The van der Waals surface area contributed by atoms with E-state index in [4.69, 9.17) is 11.6 Å². The maximum absolute atomic E-state index is 12.1. The minimum Gasteiger partial charge on any atom is -0.351 e. The fourth-order valence-electron chi connectivity index (χ4n) is 1.94. The summed E-state index contributed by atoms with van der Waals surface area (Å²) in [7, 11) is 0. The molecule has 0 aromatic heterocycles. The largest absolute Gasteiger partial charge is 0.351 e. The highest BCUT2D eigenvalue weighted by molar-refractivity contribution is 6.34. The number of amides is 2. The van der Waals surface area contributed by atoms with Crippen molar-refractivity contribution in [2.24, 2.45) is 0 Å². The second-order valence-electron chi connectivity index (χ2n) is 4.66. The van der Waals surface area contributed by atoms with Crippen molar-refractivity contribution in [1.82, 2.24) is 10.2 Å². The highest BCUT2D eigenvalue weighted by Gasteiger charge is 2.11. The number of nitrogens with one attached hydrogen (secondary N) is 2. The van der Waals surface area contributed by atoms with Gasteiger partial charge in [0.05, 0.1) is 10.6 Å². The van der Waals surface area contributed by atoms with E-state index < -0.39 is 0 Å². The van der Waals surface area contributed by atoms with Gasteiger partial charge >= 0.3 is 0 Å². The first-order valence-electron chi connectivity index (χ1n) is 7.05. The molecule has 1 aromatic carbocycles. The predicted molar refractivity (Wildman–Crippen MR) is 85.9 cm³/mol. The average molecular weight is 312 g/mol. The molecule has 6 heteroatoms. The average Bonchev–Trinajstić information content (AvgIpc) is 2.45. The van der Waals surface area contributed by atoms with Crippen LogP contribution in [0.4, 0.5) is 5.69 Å². The van der Waals surface area contributed by atoms with Crippen LogP contribution in [-0.2, 0) is 4.79 Å². The van der Waals surface area contributed by atoms with Crippen molar-refractivity contribution in [3.05, 3.63) is 28.8 Å². The second kappa shape index (κ2) is 8.64. The standard InChI is InChI=1S/C15H22ClN3O2/c1-4-19(5-2)9-8-17-15(21)13-10-12(18-11(3)20)6-7-14(13)16/h6-7,10H,4-5,8-9H2,1-3H3,(H,17,21)(H,18,20). The number of halogens is 1. The first kappa shape index (κ1) is 17.5. The molecule has 1 aromatic rings. The molecule has 0 unspecified atom stereocenters. The van der Waals surface area contributed by atoms with Crippen LogP contribution in [0.3, 0.4) is 0 Å². The Kier molecular flexibility index (Phi) is 7.19. The maximum Gasteiger partial charge on any atom is 0.252 e. The van der Waals surface area contributed by atoms with E-state index in [9.17, 15) is 9.59 Å². The fraction of sp³-hybridized carbons (Fsp3) is 0.467. The van der Waals surface area contributed by atoms with Crippen LogP contribution < -0.4 is 10.6 Å². The third-order valence-corrected chi connectivity index (χ3v) is 3.47. The lowest BCUT2D eigenvalue weighted by Crippen LogP contribution is -2.34. The first-order valence-corrected chi connectivity index (χ1v) is 7.43. The Morgan fingerprint density at radius 1 is 1.24 bits per heavy atom. The van der Waals surface area contributed by atoms with E-state index in [1.54, 1.807) is 18.2 Å². The Hall–Kier alpha value is -1.59. The molecular formula is C15H22ClN3O2. The zero-order valence-corrected chi connectivity index (χ0v) is 13.5. The van der Waals surface area contributed by atoms with Gasteiger partial charge < -0.3 is 15.5 Å². The number of nitrogens with zero attached hydrogens (tertiary/aromatic N) is 1. The van der Waals surface area contributed by atoms with Gasteiger partial charge in [-0.15, -0.1) is 0 Å². The van der Waals surface area contributed by atoms with Gasteiger partial charge in [-0.25, -0.2) is 0 Å². The summed E-state index contributed by atoms with van der Waals surface area (Å²) in [6.45, 7) is 8.83. The van der Waals surface area contributed by atoms with E-state index in [0.717, 1.165) is 19.6 Å². The van der Waals surface area contributed by atoms with Crippen LogP contribution in [-0.4, -0.2) is 42.9 Å². The number of rotatable bonds is 7. The van der Waals surface area contributed by atoms with E-state index in [-0.39, 0.29) is 11.8 Å². The summed E-state index contributed by atoms with van der Waals surface area (Å²) >= 11 is 6.04. The molecule has 2 amide bonds. The quantitative estimate of drug-likeness (QED) is 0.812. The van der Waals surface area contributed by atoms with Crippen LogP contribution in [0.1, 0.15) is 31.1 Å². The number of likely N-dealkylation sites (N-methyl/N-ethyl adjacent to an activating group) is 1. The normalized spacial score (nSPS) is 10.5. The number of benzene rings is 1. The van der Waals surface area contributed by atoms with Crippen LogP contribution in [0.2, 0.25) is 5.02 Å². The van der Waals surface area contributed by atoms with E-state index >= 15 is 0 Å². The SMILES string of the molecule is CCN(CC)CCNC(=O)c1cc(NC(C)=O)ccc1Cl. The third-order valence-electron chi connectivity index (χ3n) is 3.14. The van der Waals surface area contributed by atoms with Crippen LogP contribution in [0.15, 0.2) is 18.2 Å². The molecule has 0 aliphatic carbocycles. The molecule has 0 heterocycles. The van der Waals surface area contributed by atoms with Gasteiger partial charge in [-0.05, 0) is 31.3 Å². The van der Waals surface area contributed by atoms with Crippen molar-refractivity contribution in [3.8, 4) is 0 Å². The Morgan fingerprint density at radius 3 is 2.48 bits per heavy atom. The zero-order chi connectivity index (χ0) is 15.8. The minimum absolute atomic E-state index is 0.190. The van der Waals surface area contributed by atoms with Crippen LogP contribution in [0.25, 0.3) is 0 Å². The summed E-state index contributed by atoms with van der Waals surface area (Å²) < 4.78 is 0. The van der Waals surface area contributed by atoms with Crippen LogP contribution in [0.5, 0.6) is 0 Å². The van der Waals surface area contributed by atoms with E-state index in [1.807, 2.05) is 0 Å². The number of anilines is 1. The zero-order valence-electron chi connectivity index (χ0n) is 12.7. The summed E-state index contributed by atoms with van der Waals surface area (Å²) in [5, 5.41) is 5.84. The summed E-state index contributed by atoms with van der Waals surface area (Å²) in [5.41, 5.74) is 0.920. The van der Waals surface area contributed by atoms with Gasteiger partial charge in [0.15, 0.2) is 0 Å². The summed E-state index contributed by atoms with van der Waals surface area (Å²) in [6.07, 6.45) is 0. The third kappa shape index (κ3) is 5.73. The number of carbonyl (C=O) groups excluding carboxylic acids is 2.